The first-order valence-corrected chi connectivity index (χ1v) is 11.8. The number of aromatic nitrogens is 2. The summed E-state index contributed by atoms with van der Waals surface area (Å²) in [7, 11) is 1.49. The molecule has 10 nitrogen and oxygen atoms in total. The number of aldehydes is 1. The third kappa shape index (κ3) is 5.41. The van der Waals surface area contributed by atoms with Crippen LogP contribution in [-0.4, -0.2) is 52.3 Å². The Bertz CT molecular complexity index is 1140. The highest BCUT2D eigenvalue weighted by molar-refractivity contribution is 5.94. The molecular formula is C25H32N4O6. The third-order valence-corrected chi connectivity index (χ3v) is 6.56. The summed E-state index contributed by atoms with van der Waals surface area (Å²) in [5, 5.41) is 23.0. The predicted molar refractivity (Wildman–Crippen MR) is 128 cm³/mol. The van der Waals surface area contributed by atoms with Crippen LogP contribution in [-0.2, 0) is 22.4 Å². The molecule has 1 saturated carbocycles. The minimum absolute atomic E-state index is 0.150. The van der Waals surface area contributed by atoms with E-state index in [1.54, 1.807) is 0 Å². The van der Waals surface area contributed by atoms with Crippen molar-refractivity contribution in [2.45, 2.75) is 70.4 Å². The summed E-state index contributed by atoms with van der Waals surface area (Å²) in [4.78, 5) is 36.5. The summed E-state index contributed by atoms with van der Waals surface area (Å²) < 4.78 is 10.9. The van der Waals surface area contributed by atoms with Crippen molar-refractivity contribution in [2.24, 2.45) is 5.92 Å². The molecule has 188 valence electrons. The molecule has 10 heteroatoms. The highest BCUT2D eigenvalue weighted by Crippen LogP contribution is 2.40. The van der Waals surface area contributed by atoms with Crippen LogP contribution < -0.4 is 15.4 Å². The van der Waals surface area contributed by atoms with Gasteiger partial charge in [0.15, 0.2) is 12.1 Å². The van der Waals surface area contributed by atoms with Gasteiger partial charge in [-0.05, 0) is 64.0 Å². The lowest BCUT2D eigenvalue weighted by Crippen LogP contribution is -2.42. The van der Waals surface area contributed by atoms with E-state index in [0.29, 0.717) is 42.7 Å². The van der Waals surface area contributed by atoms with Crippen LogP contribution in [0.1, 0.15) is 73.1 Å². The first kappa shape index (κ1) is 24.6. The lowest BCUT2D eigenvalue weighted by atomic mass is 10.0. The zero-order valence-corrected chi connectivity index (χ0v) is 20.4. The van der Waals surface area contributed by atoms with E-state index in [1.165, 1.54) is 13.2 Å². The van der Waals surface area contributed by atoms with Gasteiger partial charge < -0.3 is 25.2 Å². The molecule has 0 aliphatic heterocycles. The number of carbonyl (C=O) groups excluding carboxylic acids is 3. The van der Waals surface area contributed by atoms with E-state index in [0.717, 1.165) is 24.1 Å². The Morgan fingerprint density at radius 3 is 2.63 bits per heavy atom. The van der Waals surface area contributed by atoms with Crippen LogP contribution >= 0.6 is 0 Å². The van der Waals surface area contributed by atoms with Gasteiger partial charge in [0.05, 0.1) is 12.7 Å². The summed E-state index contributed by atoms with van der Waals surface area (Å²) in [6.07, 6.45) is 3.05. The van der Waals surface area contributed by atoms with E-state index in [9.17, 15) is 19.5 Å². The molecule has 1 fully saturated rings. The second-order valence-corrected chi connectivity index (χ2v) is 10.3. The predicted octanol–water partition coefficient (Wildman–Crippen LogP) is 3.45. The molecule has 0 radical (unpaired) electrons. The number of hydrogen-bond donors (Lipinski definition) is 4. The van der Waals surface area contributed by atoms with Crippen LogP contribution in [0, 0.1) is 5.92 Å². The first-order chi connectivity index (χ1) is 16.6. The first-order valence-electron chi connectivity index (χ1n) is 11.8. The van der Waals surface area contributed by atoms with E-state index in [1.807, 2.05) is 26.8 Å². The maximum absolute atomic E-state index is 13.0. The Balaban J connectivity index is 1.35. The molecule has 4 rings (SSSR count). The van der Waals surface area contributed by atoms with Crippen molar-refractivity contribution in [3.05, 3.63) is 34.5 Å². The highest BCUT2D eigenvalue weighted by atomic mass is 16.6. The van der Waals surface area contributed by atoms with Gasteiger partial charge in [-0.25, -0.2) is 4.79 Å². The van der Waals surface area contributed by atoms with Crippen LogP contribution in [0.3, 0.4) is 0 Å². The number of benzene rings is 1. The number of nitrogens with zero attached hydrogens (tertiary/aromatic N) is 1. The lowest BCUT2D eigenvalue weighted by Gasteiger charge is -2.22. The fourth-order valence-corrected chi connectivity index (χ4v) is 4.93. The topological polar surface area (TPSA) is 143 Å². The summed E-state index contributed by atoms with van der Waals surface area (Å²) in [6.45, 7) is 5.70. The van der Waals surface area contributed by atoms with Crippen molar-refractivity contribution in [3.63, 3.8) is 0 Å². The number of hydrogen-bond acceptors (Lipinski definition) is 7. The number of nitrogens with one attached hydrogen (secondary N) is 3. The van der Waals surface area contributed by atoms with Crippen molar-refractivity contribution in [1.82, 2.24) is 15.5 Å². The second-order valence-electron chi connectivity index (χ2n) is 10.3. The summed E-state index contributed by atoms with van der Waals surface area (Å²) in [5.41, 5.74) is 2.14. The number of ether oxygens (including phenoxy) is 2. The second kappa shape index (κ2) is 9.59. The van der Waals surface area contributed by atoms with Crippen LogP contribution in [0.15, 0.2) is 12.1 Å². The van der Waals surface area contributed by atoms with E-state index in [2.05, 4.69) is 20.8 Å². The molecule has 1 aromatic carbocycles. The molecule has 0 unspecified atom stereocenters. The fraction of sp³-hybridized carbons (Fsp3) is 0.520. The molecule has 1 aromatic heterocycles. The number of phenolic OH excluding ortho intramolecular Hbond substituents is 1. The average Bonchev–Trinajstić information content (AvgIpc) is 3.51. The summed E-state index contributed by atoms with van der Waals surface area (Å²) in [6, 6.07) is 3.22. The van der Waals surface area contributed by atoms with E-state index >= 15 is 0 Å². The molecule has 35 heavy (non-hydrogen) atoms. The SMILES string of the molecule is COc1cc(O)c(C=O)c2c1C[C@@H](C(=O)Nc1cc([C@H]3CC[C@@H](OC(=O)NC(C)(C)C)C3)[nH]n1)C2. The van der Waals surface area contributed by atoms with Gasteiger partial charge in [-0.15, -0.1) is 0 Å². The summed E-state index contributed by atoms with van der Waals surface area (Å²) >= 11 is 0. The molecule has 3 atom stereocenters. The maximum Gasteiger partial charge on any atom is 0.407 e. The van der Waals surface area contributed by atoms with Crippen molar-refractivity contribution < 1.29 is 29.0 Å². The number of H-pyrrole nitrogens is 1. The van der Waals surface area contributed by atoms with Gasteiger partial charge in [0, 0.05) is 35.2 Å². The fourth-order valence-electron chi connectivity index (χ4n) is 4.93. The van der Waals surface area contributed by atoms with Crippen molar-refractivity contribution >= 4 is 24.1 Å². The van der Waals surface area contributed by atoms with Crippen molar-refractivity contribution in [3.8, 4) is 11.5 Å². The summed E-state index contributed by atoms with van der Waals surface area (Å²) in [5.74, 6) is 0.257. The monoisotopic (exact) mass is 484 g/mol. The average molecular weight is 485 g/mol. The number of amides is 2. The standard InChI is InChI=1S/C25H32N4O6/c1-25(2,3)27-24(33)35-15-6-5-13(7-15)19-10-22(29-28-19)26-23(32)14-8-16-17(9-14)21(34-4)11-20(31)18(16)12-30/h10-15,31H,5-9H2,1-4H3,(H,27,33)(H2,26,28,29,32)/t13-,14-,15+/m0/s1. The van der Waals surface area contributed by atoms with Crippen LogP contribution in [0.25, 0.3) is 0 Å². The smallest absolute Gasteiger partial charge is 0.407 e. The number of methoxy groups -OCH3 is 1. The van der Waals surface area contributed by atoms with Gasteiger partial charge >= 0.3 is 6.09 Å². The Hall–Kier alpha value is -3.56. The molecule has 0 saturated heterocycles. The number of anilines is 1. The Labute approximate surface area is 203 Å². The third-order valence-electron chi connectivity index (χ3n) is 6.56. The normalized spacial score (nSPS) is 21.3. The van der Waals surface area contributed by atoms with Crippen molar-refractivity contribution in [2.75, 3.05) is 12.4 Å². The highest BCUT2D eigenvalue weighted by Gasteiger charge is 2.34. The molecule has 2 aliphatic carbocycles. The van der Waals surface area contributed by atoms with Crippen molar-refractivity contribution in [1.29, 1.82) is 0 Å². The van der Waals surface area contributed by atoms with Crippen LogP contribution in [0.5, 0.6) is 11.5 Å². The minimum Gasteiger partial charge on any atom is -0.507 e. The quantitative estimate of drug-likeness (QED) is 0.460. The number of aromatic hydroxyl groups is 1. The Kier molecular flexibility index (Phi) is 6.73. The lowest BCUT2D eigenvalue weighted by molar-refractivity contribution is -0.119. The molecule has 2 aromatic rings. The van der Waals surface area contributed by atoms with Crippen LogP contribution in [0.2, 0.25) is 0 Å². The molecule has 0 spiro atoms. The van der Waals surface area contributed by atoms with Gasteiger partial charge in [0.25, 0.3) is 0 Å². The zero-order chi connectivity index (χ0) is 25.3. The van der Waals surface area contributed by atoms with E-state index < -0.39 is 12.0 Å². The number of phenols is 1. The number of fused-ring (bicyclic) bond motifs is 1. The number of aromatic amines is 1. The number of rotatable bonds is 6. The number of carbonyl (C=O) groups is 3. The van der Waals surface area contributed by atoms with E-state index in [-0.39, 0.29) is 34.8 Å². The molecule has 2 amide bonds. The molecular weight excluding hydrogens is 452 g/mol. The van der Waals surface area contributed by atoms with Gasteiger partial charge in [0.1, 0.15) is 17.6 Å². The largest absolute Gasteiger partial charge is 0.507 e. The Morgan fingerprint density at radius 1 is 1.20 bits per heavy atom. The zero-order valence-electron chi connectivity index (χ0n) is 20.4. The van der Waals surface area contributed by atoms with Gasteiger partial charge in [0.2, 0.25) is 5.91 Å². The van der Waals surface area contributed by atoms with Gasteiger partial charge in [-0.2, -0.15) is 5.10 Å². The van der Waals surface area contributed by atoms with Crippen LogP contribution in [0.4, 0.5) is 10.6 Å². The van der Waals surface area contributed by atoms with E-state index in [4.69, 9.17) is 9.47 Å². The molecule has 1 heterocycles. The molecule has 2 aliphatic rings. The molecule has 4 N–H and O–H groups in total. The molecule has 0 bridgehead atoms. The minimum atomic E-state index is -0.416. The van der Waals surface area contributed by atoms with Gasteiger partial charge in [-0.3, -0.25) is 14.7 Å². The Morgan fingerprint density at radius 2 is 1.94 bits per heavy atom. The number of alkyl carbamates (subject to hydrolysis) is 1. The van der Waals surface area contributed by atoms with Gasteiger partial charge in [-0.1, -0.05) is 0 Å². The maximum atomic E-state index is 13.0.